The maximum absolute atomic E-state index is 9.86. The molecule has 0 amide bonds. The average Bonchev–Trinajstić information content (AvgIpc) is 1.82. The summed E-state index contributed by atoms with van der Waals surface area (Å²) in [7, 11) is 0. The number of nitrogens with two attached hydrogens (primary N) is 1. The van der Waals surface area contributed by atoms with Gasteiger partial charge in [0.15, 0.2) is 0 Å². The molecule has 0 aliphatic heterocycles. The summed E-state index contributed by atoms with van der Waals surface area (Å²) >= 11 is 0. The molecular formula is C5H8ClNO4Zn. The molecule has 0 aliphatic rings. The molecule has 12 heavy (non-hydrogen) atoms. The molecule has 0 aromatic carbocycles. The number of carbonyl (C=O) groups is 2. The van der Waals surface area contributed by atoms with Gasteiger partial charge < -0.3 is 25.5 Å². The van der Waals surface area contributed by atoms with E-state index >= 15 is 0 Å². The van der Waals surface area contributed by atoms with Crippen LogP contribution >= 0.6 is 12.4 Å². The Morgan fingerprint density at radius 2 is 1.75 bits per heavy atom. The molecule has 2 N–H and O–H groups in total. The normalized spacial score (nSPS) is 10.4. The summed E-state index contributed by atoms with van der Waals surface area (Å²) in [5.74, 6) is -2.75. The van der Waals surface area contributed by atoms with Crippen molar-refractivity contribution in [1.29, 1.82) is 0 Å². The Morgan fingerprint density at radius 1 is 1.33 bits per heavy atom. The summed E-state index contributed by atoms with van der Waals surface area (Å²) in [4.78, 5) is 19.6. The van der Waals surface area contributed by atoms with E-state index < -0.39 is 18.0 Å². The SMILES string of the molecule is Cl.NC(CCC(=O)[O-])C(=O)[O-].[Zn+2]. The molecule has 0 saturated carbocycles. The molecule has 0 radical (unpaired) electrons. The van der Waals surface area contributed by atoms with Crippen LogP contribution in [0.15, 0.2) is 0 Å². The number of carboxylic acid groups (broad SMARTS) is 2. The fourth-order valence-electron chi connectivity index (χ4n) is 0.391. The number of carbonyl (C=O) groups excluding carboxylic acids is 2. The summed E-state index contributed by atoms with van der Waals surface area (Å²) in [6, 6.07) is -1.21. The molecule has 0 aromatic heterocycles. The predicted molar refractivity (Wildman–Crippen MR) is 34.5 cm³/mol. The van der Waals surface area contributed by atoms with Crippen LogP contribution in [0.2, 0.25) is 0 Å². The van der Waals surface area contributed by atoms with Gasteiger partial charge in [-0.05, 0) is 12.8 Å². The predicted octanol–water partition coefficient (Wildman–Crippen LogP) is -2.99. The van der Waals surface area contributed by atoms with Crippen LogP contribution < -0.4 is 15.9 Å². The quantitative estimate of drug-likeness (QED) is 0.533. The van der Waals surface area contributed by atoms with Crippen molar-refractivity contribution in [1.82, 2.24) is 0 Å². The monoisotopic (exact) mass is 245 g/mol. The fraction of sp³-hybridized carbons (Fsp3) is 0.600. The van der Waals surface area contributed by atoms with Crippen molar-refractivity contribution >= 4 is 24.3 Å². The molecule has 7 heteroatoms. The Labute approximate surface area is 88.5 Å². The largest absolute Gasteiger partial charge is 2.00 e. The van der Waals surface area contributed by atoms with Gasteiger partial charge in [-0.15, -0.1) is 12.4 Å². The van der Waals surface area contributed by atoms with E-state index in [4.69, 9.17) is 5.73 Å². The van der Waals surface area contributed by atoms with E-state index in [1.807, 2.05) is 0 Å². The van der Waals surface area contributed by atoms with E-state index in [2.05, 4.69) is 0 Å². The molecule has 1 atom stereocenters. The van der Waals surface area contributed by atoms with Gasteiger partial charge in [0.2, 0.25) is 0 Å². The van der Waals surface area contributed by atoms with Crippen LogP contribution in [0.4, 0.5) is 0 Å². The van der Waals surface area contributed by atoms with Gasteiger partial charge in [-0.3, -0.25) is 0 Å². The summed E-state index contributed by atoms with van der Waals surface area (Å²) in [6.07, 6.45) is -0.500. The topological polar surface area (TPSA) is 106 Å². The van der Waals surface area contributed by atoms with E-state index in [-0.39, 0.29) is 44.7 Å². The summed E-state index contributed by atoms with van der Waals surface area (Å²) < 4.78 is 0. The molecule has 0 bridgehead atoms. The van der Waals surface area contributed by atoms with Crippen LogP contribution in [0.25, 0.3) is 0 Å². The minimum absolute atomic E-state index is 0. The van der Waals surface area contributed by atoms with Gasteiger partial charge in [0.25, 0.3) is 0 Å². The second-order valence-electron chi connectivity index (χ2n) is 1.84. The number of carboxylic acids is 2. The molecule has 0 heterocycles. The Kier molecular flexibility index (Phi) is 13.2. The molecule has 66 valence electrons. The van der Waals surface area contributed by atoms with E-state index in [0.29, 0.717) is 0 Å². The zero-order valence-electron chi connectivity index (χ0n) is 6.32. The number of hydrogen-bond donors (Lipinski definition) is 1. The first-order valence-electron chi connectivity index (χ1n) is 2.70. The van der Waals surface area contributed by atoms with Gasteiger partial charge in [-0.1, -0.05) is 0 Å². The van der Waals surface area contributed by atoms with E-state index in [1.165, 1.54) is 0 Å². The van der Waals surface area contributed by atoms with Crippen LogP contribution in [-0.4, -0.2) is 18.0 Å². The third kappa shape index (κ3) is 9.81. The molecule has 0 aromatic rings. The standard InChI is InChI=1S/C5H9NO4.ClH.Zn/c6-3(5(9)10)1-2-4(7)8;;/h3H,1-2,6H2,(H,7,8)(H,9,10);1H;/q;;+2/p-2. The Bertz CT molecular complexity index is 154. The summed E-state index contributed by atoms with van der Waals surface area (Å²) in [5.41, 5.74) is 4.91. The fourth-order valence-corrected chi connectivity index (χ4v) is 0.391. The van der Waals surface area contributed by atoms with Crippen molar-refractivity contribution in [2.45, 2.75) is 18.9 Å². The Balaban J connectivity index is -0.000000405. The molecule has 5 nitrogen and oxygen atoms in total. The van der Waals surface area contributed by atoms with Crippen LogP contribution in [0.3, 0.4) is 0 Å². The smallest absolute Gasteiger partial charge is 0.550 e. The molecule has 0 spiro atoms. The van der Waals surface area contributed by atoms with Crippen LogP contribution in [0.1, 0.15) is 12.8 Å². The van der Waals surface area contributed by atoms with Gasteiger partial charge in [-0.2, -0.15) is 0 Å². The first kappa shape index (κ1) is 17.8. The molecule has 1 unspecified atom stereocenters. The zero-order valence-corrected chi connectivity index (χ0v) is 10.1. The average molecular weight is 247 g/mol. The maximum atomic E-state index is 9.86. The van der Waals surface area contributed by atoms with Crippen LogP contribution in [-0.2, 0) is 29.1 Å². The molecule has 0 rings (SSSR count). The van der Waals surface area contributed by atoms with Crippen molar-refractivity contribution in [3.63, 3.8) is 0 Å². The van der Waals surface area contributed by atoms with E-state index in [0.717, 1.165) is 0 Å². The van der Waals surface area contributed by atoms with Gasteiger partial charge >= 0.3 is 19.5 Å². The molecule has 0 fully saturated rings. The molecular weight excluding hydrogens is 239 g/mol. The summed E-state index contributed by atoms with van der Waals surface area (Å²) in [5, 5.41) is 19.6. The second kappa shape index (κ2) is 8.91. The zero-order chi connectivity index (χ0) is 8.15. The summed E-state index contributed by atoms with van der Waals surface area (Å²) in [6.45, 7) is 0. The first-order chi connectivity index (χ1) is 4.54. The minimum atomic E-state index is -1.44. The van der Waals surface area contributed by atoms with Gasteiger partial charge in [0.05, 0.1) is 5.97 Å². The Morgan fingerprint density at radius 3 is 2.00 bits per heavy atom. The maximum Gasteiger partial charge on any atom is 2.00 e. The van der Waals surface area contributed by atoms with Crippen LogP contribution in [0, 0.1) is 0 Å². The number of aliphatic carboxylic acids is 2. The molecule has 0 saturated heterocycles. The van der Waals surface area contributed by atoms with E-state index in [1.54, 1.807) is 0 Å². The second-order valence-corrected chi connectivity index (χ2v) is 1.84. The molecule has 0 aliphatic carbocycles. The van der Waals surface area contributed by atoms with Gasteiger partial charge in [0, 0.05) is 12.0 Å². The number of hydrogen-bond acceptors (Lipinski definition) is 5. The first-order valence-corrected chi connectivity index (χ1v) is 2.70. The third-order valence-electron chi connectivity index (χ3n) is 0.962. The third-order valence-corrected chi connectivity index (χ3v) is 0.962. The minimum Gasteiger partial charge on any atom is -0.550 e. The van der Waals surface area contributed by atoms with Crippen molar-refractivity contribution in [2.75, 3.05) is 0 Å². The van der Waals surface area contributed by atoms with Crippen molar-refractivity contribution in [3.8, 4) is 0 Å². The Hall–Kier alpha value is -0.187. The number of halogens is 1. The van der Waals surface area contributed by atoms with Crippen molar-refractivity contribution < 1.29 is 39.3 Å². The van der Waals surface area contributed by atoms with Gasteiger partial charge in [-0.25, -0.2) is 0 Å². The van der Waals surface area contributed by atoms with Gasteiger partial charge in [0.1, 0.15) is 0 Å². The van der Waals surface area contributed by atoms with Crippen molar-refractivity contribution in [2.24, 2.45) is 5.73 Å². The van der Waals surface area contributed by atoms with E-state index in [9.17, 15) is 19.8 Å². The number of rotatable bonds is 4. The van der Waals surface area contributed by atoms with Crippen LogP contribution in [0.5, 0.6) is 0 Å². The van der Waals surface area contributed by atoms with Crippen molar-refractivity contribution in [3.05, 3.63) is 0 Å².